The number of rotatable bonds is 1. The van der Waals surface area contributed by atoms with Gasteiger partial charge in [-0.15, -0.1) is 5.10 Å². The van der Waals surface area contributed by atoms with Crippen LogP contribution < -0.4 is 0 Å². The second-order valence-corrected chi connectivity index (χ2v) is 5.61. The zero-order chi connectivity index (χ0) is 13.8. The zero-order valence-corrected chi connectivity index (χ0v) is 11.5. The number of para-hydroxylation sites is 2. The van der Waals surface area contributed by atoms with Crippen molar-refractivity contribution >= 4 is 21.9 Å². The van der Waals surface area contributed by atoms with Crippen LogP contribution in [0.4, 0.5) is 0 Å². The third-order valence-corrected chi connectivity index (χ3v) is 4.48. The molecule has 4 aromatic rings. The van der Waals surface area contributed by atoms with Crippen molar-refractivity contribution in [2.24, 2.45) is 0 Å². The molecule has 2 aromatic carbocycles. The molecule has 0 bridgehead atoms. The topological polar surface area (TPSA) is 35.6 Å². The third kappa shape index (κ3) is 1.44. The van der Waals surface area contributed by atoms with E-state index >= 15 is 0 Å². The van der Waals surface area contributed by atoms with Gasteiger partial charge >= 0.3 is 0 Å². The molecule has 5 rings (SSSR count). The Balaban J connectivity index is 1.74. The second kappa shape index (κ2) is 3.95. The number of hydrogen-bond acceptors (Lipinski definition) is 2. The van der Waals surface area contributed by atoms with Crippen LogP contribution in [0.2, 0.25) is 0 Å². The summed E-state index contributed by atoms with van der Waals surface area (Å²) in [6.07, 6.45) is 1.08. The Morgan fingerprint density at radius 1 is 0.952 bits per heavy atom. The molecule has 0 spiro atoms. The predicted molar refractivity (Wildman–Crippen MR) is 82.2 cm³/mol. The van der Waals surface area contributed by atoms with E-state index in [1.165, 1.54) is 16.6 Å². The van der Waals surface area contributed by atoms with Crippen LogP contribution in [0.15, 0.2) is 54.6 Å². The first kappa shape index (κ1) is 11.1. The molecule has 1 unspecified atom stereocenters. The van der Waals surface area contributed by atoms with Crippen molar-refractivity contribution in [2.45, 2.75) is 19.0 Å². The molecule has 4 nitrogen and oxygen atoms in total. The summed E-state index contributed by atoms with van der Waals surface area (Å²) in [6, 6.07) is 19.3. The highest BCUT2D eigenvalue weighted by Gasteiger charge is 2.27. The maximum absolute atomic E-state index is 4.40. The van der Waals surface area contributed by atoms with Crippen LogP contribution in [0.3, 0.4) is 0 Å². The fourth-order valence-electron chi connectivity index (χ4n) is 3.52. The summed E-state index contributed by atoms with van der Waals surface area (Å²) in [4.78, 5) is 0. The molecule has 1 aliphatic rings. The molecular weight excluding hydrogens is 260 g/mol. The lowest BCUT2D eigenvalue weighted by atomic mass is 10.1. The molecule has 2 aromatic heterocycles. The molecule has 1 aliphatic heterocycles. The number of aromatic nitrogens is 4. The Bertz CT molecular complexity index is 963. The van der Waals surface area contributed by atoms with E-state index in [-0.39, 0.29) is 6.04 Å². The highest BCUT2D eigenvalue weighted by Crippen LogP contribution is 2.35. The van der Waals surface area contributed by atoms with E-state index in [1.54, 1.807) is 0 Å². The van der Waals surface area contributed by atoms with E-state index in [4.69, 9.17) is 0 Å². The van der Waals surface area contributed by atoms with Crippen molar-refractivity contribution in [3.8, 4) is 0 Å². The number of aryl methyl sites for hydroxylation is 1. The molecule has 0 saturated carbocycles. The van der Waals surface area contributed by atoms with Gasteiger partial charge in [0.05, 0.1) is 11.6 Å². The fraction of sp³-hybridized carbons (Fsp3) is 0.176. The predicted octanol–water partition coefficient (Wildman–Crippen LogP) is 3.38. The van der Waals surface area contributed by atoms with Crippen molar-refractivity contribution in [2.75, 3.05) is 0 Å². The minimum atomic E-state index is 0.282. The smallest absolute Gasteiger partial charge is 0.113 e. The van der Waals surface area contributed by atoms with Gasteiger partial charge in [0.15, 0.2) is 0 Å². The number of nitrogens with zero attached hydrogens (tertiary/aromatic N) is 4. The Hall–Kier alpha value is -2.62. The summed E-state index contributed by atoms with van der Waals surface area (Å²) in [5.41, 5.74) is 4.74. The molecule has 0 aliphatic carbocycles. The molecule has 21 heavy (non-hydrogen) atoms. The van der Waals surface area contributed by atoms with Gasteiger partial charge in [-0.3, -0.25) is 0 Å². The van der Waals surface area contributed by atoms with Gasteiger partial charge in [-0.1, -0.05) is 35.5 Å². The lowest BCUT2D eigenvalue weighted by Gasteiger charge is -2.10. The third-order valence-electron chi connectivity index (χ3n) is 4.48. The van der Waals surface area contributed by atoms with Gasteiger partial charge in [-0.05, 0) is 36.1 Å². The van der Waals surface area contributed by atoms with Gasteiger partial charge in [0.2, 0.25) is 0 Å². The summed E-state index contributed by atoms with van der Waals surface area (Å²) in [7, 11) is 0. The van der Waals surface area contributed by atoms with E-state index < -0.39 is 0 Å². The van der Waals surface area contributed by atoms with E-state index in [9.17, 15) is 0 Å². The van der Waals surface area contributed by atoms with Crippen LogP contribution in [0, 0.1) is 0 Å². The van der Waals surface area contributed by atoms with Crippen LogP contribution in [-0.2, 0) is 6.54 Å². The summed E-state index contributed by atoms with van der Waals surface area (Å²) in [5.74, 6) is 0. The van der Waals surface area contributed by atoms with E-state index in [1.807, 2.05) is 18.2 Å². The van der Waals surface area contributed by atoms with Gasteiger partial charge in [0.1, 0.15) is 5.52 Å². The maximum atomic E-state index is 4.40. The highest BCUT2D eigenvalue weighted by molar-refractivity contribution is 5.82. The van der Waals surface area contributed by atoms with Crippen LogP contribution in [0.25, 0.3) is 21.9 Å². The van der Waals surface area contributed by atoms with E-state index in [2.05, 4.69) is 56.0 Å². The SMILES string of the molecule is c1ccc2c(c1)cc1n2CCC1n1nnc2ccccc21. The first-order chi connectivity index (χ1) is 10.4. The van der Waals surface area contributed by atoms with Crippen molar-refractivity contribution in [1.29, 1.82) is 0 Å². The number of benzene rings is 2. The summed E-state index contributed by atoms with van der Waals surface area (Å²) < 4.78 is 4.49. The minimum absolute atomic E-state index is 0.282. The number of hydrogen-bond donors (Lipinski definition) is 0. The van der Waals surface area contributed by atoms with E-state index in [0.29, 0.717) is 0 Å². The van der Waals surface area contributed by atoms with Crippen LogP contribution in [0.1, 0.15) is 18.2 Å². The van der Waals surface area contributed by atoms with Crippen molar-refractivity contribution in [1.82, 2.24) is 19.6 Å². The van der Waals surface area contributed by atoms with Gasteiger partial charge in [-0.2, -0.15) is 0 Å². The average Bonchev–Trinajstić information content (AvgIpc) is 3.19. The summed E-state index contributed by atoms with van der Waals surface area (Å²) in [5, 5.41) is 10.0. The van der Waals surface area contributed by atoms with Gasteiger partial charge < -0.3 is 4.57 Å². The van der Waals surface area contributed by atoms with Gasteiger partial charge in [0, 0.05) is 17.8 Å². The van der Waals surface area contributed by atoms with E-state index in [0.717, 1.165) is 24.0 Å². The molecule has 0 radical (unpaired) electrons. The normalized spacial score (nSPS) is 17.6. The Labute approximate surface area is 121 Å². The van der Waals surface area contributed by atoms with Crippen LogP contribution in [-0.4, -0.2) is 19.6 Å². The fourth-order valence-corrected chi connectivity index (χ4v) is 3.52. The quantitative estimate of drug-likeness (QED) is 0.533. The molecule has 0 amide bonds. The molecule has 0 N–H and O–H groups in total. The van der Waals surface area contributed by atoms with Crippen LogP contribution in [0.5, 0.6) is 0 Å². The highest BCUT2D eigenvalue weighted by atomic mass is 15.4. The Kier molecular flexibility index (Phi) is 2.08. The van der Waals surface area contributed by atoms with Gasteiger partial charge in [-0.25, -0.2) is 4.68 Å². The molecular formula is C17H14N4. The zero-order valence-electron chi connectivity index (χ0n) is 11.5. The lowest BCUT2D eigenvalue weighted by Crippen LogP contribution is -2.09. The van der Waals surface area contributed by atoms with Crippen molar-refractivity contribution < 1.29 is 0 Å². The molecule has 0 saturated heterocycles. The molecule has 102 valence electrons. The maximum Gasteiger partial charge on any atom is 0.113 e. The van der Waals surface area contributed by atoms with Crippen molar-refractivity contribution in [3.63, 3.8) is 0 Å². The van der Waals surface area contributed by atoms with Crippen LogP contribution >= 0.6 is 0 Å². The standard InChI is InChI=1S/C17H14N4/c1-3-7-14-12(5-1)11-17-16(9-10-20(14)17)21-15-8-4-2-6-13(15)18-19-21/h1-8,11,16H,9-10H2. The molecule has 1 atom stereocenters. The monoisotopic (exact) mass is 274 g/mol. The first-order valence-corrected chi connectivity index (χ1v) is 7.30. The second-order valence-electron chi connectivity index (χ2n) is 5.61. The lowest BCUT2D eigenvalue weighted by molar-refractivity contribution is 0.518. The average molecular weight is 274 g/mol. The van der Waals surface area contributed by atoms with Crippen molar-refractivity contribution in [3.05, 3.63) is 60.3 Å². The first-order valence-electron chi connectivity index (χ1n) is 7.30. The largest absolute Gasteiger partial charge is 0.342 e. The Morgan fingerprint density at radius 3 is 2.71 bits per heavy atom. The molecule has 0 fully saturated rings. The minimum Gasteiger partial charge on any atom is -0.342 e. The molecule has 4 heteroatoms. The molecule has 3 heterocycles. The van der Waals surface area contributed by atoms with Gasteiger partial charge in [0.25, 0.3) is 0 Å². The summed E-state index contributed by atoms with van der Waals surface area (Å²) >= 11 is 0. The number of fused-ring (bicyclic) bond motifs is 4. The Morgan fingerprint density at radius 2 is 1.76 bits per heavy atom. The summed E-state index contributed by atoms with van der Waals surface area (Å²) in [6.45, 7) is 1.04.